The Kier molecular flexibility index (Phi) is 4.83. The highest BCUT2D eigenvalue weighted by Gasteiger charge is 2.12. The number of amides is 1. The molecule has 0 spiro atoms. The van der Waals surface area contributed by atoms with Gasteiger partial charge < -0.3 is 10.4 Å². The fourth-order valence-electron chi connectivity index (χ4n) is 1.82. The lowest BCUT2D eigenvalue weighted by atomic mass is 10.1. The molecule has 0 heterocycles. The first-order valence-electron chi connectivity index (χ1n) is 6.67. The molecule has 0 radical (unpaired) electrons. The summed E-state index contributed by atoms with van der Waals surface area (Å²) in [5, 5.41) is 17.1. The van der Waals surface area contributed by atoms with Crippen molar-refractivity contribution in [3.63, 3.8) is 0 Å². The highest BCUT2D eigenvalue weighted by molar-refractivity contribution is 7.89. The Morgan fingerprint density at radius 3 is 2.43 bits per heavy atom. The molecular formula is C16H16N2O4S. The Morgan fingerprint density at radius 2 is 1.83 bits per heavy atom. The Bertz CT molecular complexity index is 856. The largest absolute Gasteiger partial charge is 0.506 e. The average molecular weight is 332 g/mol. The third-order valence-electron chi connectivity index (χ3n) is 3.06. The second kappa shape index (κ2) is 6.64. The fraction of sp³-hybridized carbons (Fsp3) is 0.0625. The molecule has 0 unspecified atom stereocenters. The maximum Gasteiger partial charge on any atom is 0.248 e. The van der Waals surface area contributed by atoms with Crippen LogP contribution in [0.5, 0.6) is 5.75 Å². The molecule has 0 saturated heterocycles. The quantitative estimate of drug-likeness (QED) is 0.587. The van der Waals surface area contributed by atoms with E-state index in [1.165, 1.54) is 6.08 Å². The minimum absolute atomic E-state index is 0.0323. The molecular weight excluding hydrogens is 316 g/mol. The maximum absolute atomic E-state index is 11.9. The van der Waals surface area contributed by atoms with E-state index in [4.69, 9.17) is 5.14 Å². The molecule has 7 heteroatoms. The topological polar surface area (TPSA) is 109 Å². The van der Waals surface area contributed by atoms with Crippen LogP contribution in [-0.2, 0) is 14.8 Å². The molecule has 0 bridgehead atoms. The van der Waals surface area contributed by atoms with Gasteiger partial charge in [0.05, 0.1) is 10.6 Å². The SMILES string of the molecule is Cc1ccc(/C=C/C(=O)Nc2cc(S(N)(=O)=O)ccc2O)cc1. The summed E-state index contributed by atoms with van der Waals surface area (Å²) < 4.78 is 22.6. The predicted molar refractivity (Wildman–Crippen MR) is 88.3 cm³/mol. The average Bonchev–Trinajstić information content (AvgIpc) is 2.48. The van der Waals surface area contributed by atoms with E-state index in [9.17, 15) is 18.3 Å². The van der Waals surface area contributed by atoms with Gasteiger partial charge in [-0.25, -0.2) is 13.6 Å². The number of aryl methyl sites for hydroxylation is 1. The standard InChI is InChI=1S/C16H16N2O4S/c1-11-2-4-12(5-3-11)6-9-16(20)18-14-10-13(23(17,21)22)7-8-15(14)19/h2-10,19H,1H3,(H,18,20)(H2,17,21,22)/b9-6+. The van der Waals surface area contributed by atoms with E-state index in [0.717, 1.165) is 29.3 Å². The summed E-state index contributed by atoms with van der Waals surface area (Å²) in [5.41, 5.74) is 1.92. The number of nitrogens with two attached hydrogens (primary N) is 1. The molecule has 23 heavy (non-hydrogen) atoms. The molecule has 0 atom stereocenters. The number of phenols is 1. The van der Waals surface area contributed by atoms with Gasteiger partial charge in [-0.3, -0.25) is 4.79 Å². The molecule has 4 N–H and O–H groups in total. The Balaban J connectivity index is 2.15. The lowest BCUT2D eigenvalue weighted by molar-refractivity contribution is -0.111. The third-order valence-corrected chi connectivity index (χ3v) is 3.97. The van der Waals surface area contributed by atoms with Crippen LogP contribution in [0.1, 0.15) is 11.1 Å². The molecule has 2 rings (SSSR count). The summed E-state index contributed by atoms with van der Waals surface area (Å²) in [4.78, 5) is 11.7. The molecule has 2 aromatic carbocycles. The van der Waals surface area contributed by atoms with Crippen LogP contribution in [0, 0.1) is 6.92 Å². The van der Waals surface area contributed by atoms with Crippen LogP contribution in [0.25, 0.3) is 6.08 Å². The van der Waals surface area contributed by atoms with Crippen LogP contribution >= 0.6 is 0 Å². The molecule has 2 aromatic rings. The molecule has 1 amide bonds. The second-order valence-corrected chi connectivity index (χ2v) is 6.52. The summed E-state index contributed by atoms with van der Waals surface area (Å²) in [7, 11) is -3.92. The normalized spacial score (nSPS) is 11.6. The second-order valence-electron chi connectivity index (χ2n) is 4.96. The van der Waals surface area contributed by atoms with E-state index in [1.54, 1.807) is 6.08 Å². The van der Waals surface area contributed by atoms with E-state index in [2.05, 4.69) is 5.32 Å². The van der Waals surface area contributed by atoms with Crippen LogP contribution < -0.4 is 10.5 Å². The minimum atomic E-state index is -3.92. The van der Waals surface area contributed by atoms with Crippen molar-refractivity contribution in [2.24, 2.45) is 5.14 Å². The number of hydrogen-bond acceptors (Lipinski definition) is 4. The van der Waals surface area contributed by atoms with E-state index >= 15 is 0 Å². The first-order chi connectivity index (χ1) is 10.8. The number of hydrogen-bond donors (Lipinski definition) is 3. The number of phenolic OH excluding ortho intramolecular Hbond substituents is 1. The summed E-state index contributed by atoms with van der Waals surface area (Å²) >= 11 is 0. The lowest BCUT2D eigenvalue weighted by Gasteiger charge is -2.07. The number of benzene rings is 2. The molecule has 0 aliphatic rings. The molecule has 0 saturated carbocycles. The van der Waals surface area contributed by atoms with Gasteiger partial charge in [0, 0.05) is 6.08 Å². The molecule has 0 aromatic heterocycles. The van der Waals surface area contributed by atoms with E-state index in [1.807, 2.05) is 31.2 Å². The Hall–Kier alpha value is -2.64. The van der Waals surface area contributed by atoms with E-state index in [0.29, 0.717) is 0 Å². The molecule has 0 aliphatic heterocycles. The highest BCUT2D eigenvalue weighted by Crippen LogP contribution is 2.25. The number of carbonyl (C=O) groups excluding carboxylic acids is 1. The van der Waals surface area contributed by atoms with Gasteiger partial charge in [-0.15, -0.1) is 0 Å². The van der Waals surface area contributed by atoms with Gasteiger partial charge in [-0.2, -0.15) is 0 Å². The first-order valence-corrected chi connectivity index (χ1v) is 8.22. The summed E-state index contributed by atoms with van der Waals surface area (Å²) in [6.45, 7) is 1.96. The van der Waals surface area contributed by atoms with Crippen molar-refractivity contribution < 1.29 is 18.3 Å². The monoisotopic (exact) mass is 332 g/mol. The zero-order valence-electron chi connectivity index (χ0n) is 12.4. The van der Waals surface area contributed by atoms with Crippen LogP contribution in [0.3, 0.4) is 0 Å². The van der Waals surface area contributed by atoms with Crippen molar-refractivity contribution in [3.8, 4) is 5.75 Å². The zero-order valence-corrected chi connectivity index (χ0v) is 13.2. The van der Waals surface area contributed by atoms with Gasteiger partial charge in [0.1, 0.15) is 5.75 Å². The molecule has 120 valence electrons. The Labute approximate surface area is 134 Å². The summed E-state index contributed by atoms with van der Waals surface area (Å²) in [6.07, 6.45) is 2.89. The van der Waals surface area contributed by atoms with Crippen molar-refractivity contribution in [1.29, 1.82) is 0 Å². The van der Waals surface area contributed by atoms with Crippen LogP contribution in [-0.4, -0.2) is 19.4 Å². The summed E-state index contributed by atoms with van der Waals surface area (Å²) in [5.74, 6) is -0.762. The number of anilines is 1. The molecule has 0 fully saturated rings. The molecule has 0 aliphatic carbocycles. The summed E-state index contributed by atoms with van der Waals surface area (Å²) in [6, 6.07) is 11.0. The van der Waals surface area contributed by atoms with Crippen molar-refractivity contribution in [2.45, 2.75) is 11.8 Å². The van der Waals surface area contributed by atoms with Gasteiger partial charge in [0.2, 0.25) is 15.9 Å². The van der Waals surface area contributed by atoms with Crippen LogP contribution in [0.15, 0.2) is 53.4 Å². The minimum Gasteiger partial charge on any atom is -0.506 e. The predicted octanol–water partition coefficient (Wildman–Crippen LogP) is 2.00. The zero-order chi connectivity index (χ0) is 17.0. The van der Waals surface area contributed by atoms with Gasteiger partial charge in [-0.05, 0) is 36.8 Å². The van der Waals surface area contributed by atoms with Crippen molar-refractivity contribution in [2.75, 3.05) is 5.32 Å². The van der Waals surface area contributed by atoms with E-state index < -0.39 is 15.9 Å². The lowest BCUT2D eigenvalue weighted by Crippen LogP contribution is -2.13. The van der Waals surface area contributed by atoms with Gasteiger partial charge in [-0.1, -0.05) is 29.8 Å². The van der Waals surface area contributed by atoms with Crippen molar-refractivity contribution >= 4 is 27.7 Å². The number of aromatic hydroxyl groups is 1. The third kappa shape index (κ3) is 4.67. The Morgan fingerprint density at radius 1 is 1.17 bits per heavy atom. The van der Waals surface area contributed by atoms with Crippen molar-refractivity contribution in [1.82, 2.24) is 0 Å². The number of nitrogens with one attached hydrogen (secondary N) is 1. The number of rotatable bonds is 4. The van der Waals surface area contributed by atoms with Crippen molar-refractivity contribution in [3.05, 3.63) is 59.7 Å². The van der Waals surface area contributed by atoms with E-state index in [-0.39, 0.29) is 16.3 Å². The van der Waals surface area contributed by atoms with Gasteiger partial charge in [0.15, 0.2) is 0 Å². The maximum atomic E-state index is 11.9. The smallest absolute Gasteiger partial charge is 0.248 e. The fourth-order valence-corrected chi connectivity index (χ4v) is 2.36. The highest BCUT2D eigenvalue weighted by atomic mass is 32.2. The molecule has 6 nitrogen and oxygen atoms in total. The van der Waals surface area contributed by atoms with Gasteiger partial charge in [0.25, 0.3) is 0 Å². The number of sulfonamides is 1. The van der Waals surface area contributed by atoms with Crippen LogP contribution in [0.2, 0.25) is 0 Å². The number of primary sulfonamides is 1. The number of carbonyl (C=O) groups is 1. The van der Waals surface area contributed by atoms with Gasteiger partial charge >= 0.3 is 0 Å². The van der Waals surface area contributed by atoms with Crippen LogP contribution in [0.4, 0.5) is 5.69 Å². The first kappa shape index (κ1) is 16.7.